The van der Waals surface area contributed by atoms with Gasteiger partial charge in [0.1, 0.15) is 11.3 Å². The number of pyridine rings is 1. The van der Waals surface area contributed by atoms with Gasteiger partial charge in [-0.3, -0.25) is 10.1 Å². The van der Waals surface area contributed by atoms with Gasteiger partial charge in [0.05, 0.1) is 4.92 Å². The summed E-state index contributed by atoms with van der Waals surface area (Å²) in [5.41, 5.74) is 1.34. The maximum absolute atomic E-state index is 11.1. The van der Waals surface area contributed by atoms with Gasteiger partial charge in [0, 0.05) is 31.0 Å². The fourth-order valence-electron chi connectivity index (χ4n) is 2.71. The van der Waals surface area contributed by atoms with Crippen LogP contribution in [0.1, 0.15) is 30.7 Å². The van der Waals surface area contributed by atoms with Gasteiger partial charge in [0.2, 0.25) is 0 Å². The minimum atomic E-state index is -0.419. The molecule has 1 spiro atoms. The fourth-order valence-corrected chi connectivity index (χ4v) is 2.71. The van der Waals surface area contributed by atoms with Crippen molar-refractivity contribution < 1.29 is 9.76 Å². The monoisotopic (exact) mass is 276 g/mol. The molecule has 0 bridgehead atoms. The quantitative estimate of drug-likeness (QED) is 0.653. The van der Waals surface area contributed by atoms with Gasteiger partial charge in [-0.15, -0.1) is 0 Å². The van der Waals surface area contributed by atoms with E-state index in [1.165, 1.54) is 6.07 Å². The lowest BCUT2D eigenvalue weighted by atomic mass is 9.87. The van der Waals surface area contributed by atoms with Crippen LogP contribution in [0.5, 0.6) is 0 Å². The van der Waals surface area contributed by atoms with E-state index in [2.05, 4.69) is 15.5 Å². The topological polar surface area (TPSA) is 89.7 Å². The molecule has 1 aromatic rings. The van der Waals surface area contributed by atoms with Gasteiger partial charge in [-0.05, 0) is 26.1 Å². The summed E-state index contributed by atoms with van der Waals surface area (Å²) in [4.78, 5) is 20.6. The van der Waals surface area contributed by atoms with Gasteiger partial charge in [0.15, 0.2) is 5.69 Å². The highest BCUT2D eigenvalue weighted by atomic mass is 16.7. The molecular formula is C13H16N4O3. The first-order valence-corrected chi connectivity index (χ1v) is 6.68. The van der Waals surface area contributed by atoms with Gasteiger partial charge >= 0.3 is 0 Å². The lowest BCUT2D eigenvalue weighted by Gasteiger charge is -2.30. The van der Waals surface area contributed by atoms with Crippen LogP contribution in [0.3, 0.4) is 0 Å². The summed E-state index contributed by atoms with van der Waals surface area (Å²) in [5.74, 6) is 0. The van der Waals surface area contributed by atoms with Crippen LogP contribution in [0.15, 0.2) is 17.3 Å². The second-order valence-corrected chi connectivity index (χ2v) is 5.32. The first-order valence-electron chi connectivity index (χ1n) is 6.68. The molecule has 0 amide bonds. The van der Waals surface area contributed by atoms with Crippen LogP contribution < -0.4 is 5.32 Å². The van der Waals surface area contributed by atoms with E-state index in [9.17, 15) is 10.1 Å². The molecule has 106 valence electrons. The number of oxime groups is 1. The number of hydrogen-bond donors (Lipinski definition) is 1. The maximum Gasteiger partial charge on any atom is 0.296 e. The van der Waals surface area contributed by atoms with E-state index in [4.69, 9.17) is 4.84 Å². The maximum atomic E-state index is 11.1. The summed E-state index contributed by atoms with van der Waals surface area (Å²) in [5, 5.41) is 18.5. The summed E-state index contributed by atoms with van der Waals surface area (Å²) in [6.07, 6.45) is 2.31. The van der Waals surface area contributed by atoms with Gasteiger partial charge in [0.25, 0.3) is 5.69 Å². The number of hydrogen-bond acceptors (Lipinski definition) is 6. The SMILES string of the molecule is Cc1ccc([N+](=O)[O-])c(C2=NOC3(CCNCC3)C2)n1. The van der Waals surface area contributed by atoms with E-state index in [1.54, 1.807) is 6.07 Å². The van der Waals surface area contributed by atoms with Crippen molar-refractivity contribution >= 4 is 11.4 Å². The average Bonchev–Trinajstić information content (AvgIpc) is 2.83. The first-order chi connectivity index (χ1) is 9.60. The summed E-state index contributed by atoms with van der Waals surface area (Å²) < 4.78 is 0. The number of aryl methyl sites for hydroxylation is 1. The number of nitrogens with zero attached hydrogens (tertiary/aromatic N) is 3. The summed E-state index contributed by atoms with van der Waals surface area (Å²) in [6.45, 7) is 3.57. The molecule has 0 atom stereocenters. The van der Waals surface area contributed by atoms with Crippen LogP contribution in [0.25, 0.3) is 0 Å². The molecule has 2 aliphatic rings. The fraction of sp³-hybridized carbons (Fsp3) is 0.538. The van der Waals surface area contributed by atoms with E-state index in [0.29, 0.717) is 17.8 Å². The Hall–Kier alpha value is -2.02. The normalized spacial score (nSPS) is 20.6. The van der Waals surface area contributed by atoms with Crippen molar-refractivity contribution in [2.24, 2.45) is 5.16 Å². The van der Waals surface area contributed by atoms with Crippen molar-refractivity contribution in [2.75, 3.05) is 13.1 Å². The lowest BCUT2D eigenvalue weighted by molar-refractivity contribution is -0.385. The number of aromatic nitrogens is 1. The van der Waals surface area contributed by atoms with E-state index in [0.717, 1.165) is 31.6 Å². The minimum Gasteiger partial charge on any atom is -0.388 e. The van der Waals surface area contributed by atoms with E-state index in [1.807, 2.05) is 6.92 Å². The standard InChI is InChI=1S/C13H16N4O3/c1-9-2-3-11(17(18)19)12(15-9)10-8-13(20-16-10)4-6-14-7-5-13/h2-3,14H,4-8H2,1H3. The van der Waals surface area contributed by atoms with Crippen LogP contribution in [0.2, 0.25) is 0 Å². The zero-order chi connectivity index (χ0) is 14.2. The molecule has 1 aromatic heterocycles. The summed E-state index contributed by atoms with van der Waals surface area (Å²) in [7, 11) is 0. The molecule has 0 saturated carbocycles. The van der Waals surface area contributed by atoms with Gasteiger partial charge in [-0.1, -0.05) is 5.16 Å². The van der Waals surface area contributed by atoms with Crippen molar-refractivity contribution in [1.82, 2.24) is 10.3 Å². The Balaban J connectivity index is 1.91. The van der Waals surface area contributed by atoms with Crippen LogP contribution in [-0.2, 0) is 4.84 Å². The molecule has 1 saturated heterocycles. The van der Waals surface area contributed by atoms with Gasteiger partial charge in [-0.25, -0.2) is 4.98 Å². The molecule has 7 heteroatoms. The summed E-state index contributed by atoms with van der Waals surface area (Å²) in [6, 6.07) is 3.12. The zero-order valence-corrected chi connectivity index (χ0v) is 11.3. The van der Waals surface area contributed by atoms with E-state index >= 15 is 0 Å². The Bertz CT molecular complexity index is 579. The molecule has 0 unspecified atom stereocenters. The predicted molar refractivity (Wildman–Crippen MR) is 72.7 cm³/mol. The molecule has 1 N–H and O–H groups in total. The molecule has 3 heterocycles. The Kier molecular flexibility index (Phi) is 3.13. The smallest absolute Gasteiger partial charge is 0.296 e. The van der Waals surface area contributed by atoms with Gasteiger partial charge in [-0.2, -0.15) is 0 Å². The third kappa shape index (κ3) is 2.24. The van der Waals surface area contributed by atoms with E-state index in [-0.39, 0.29) is 11.3 Å². The van der Waals surface area contributed by atoms with Crippen LogP contribution in [-0.4, -0.2) is 34.3 Å². The Morgan fingerprint density at radius 3 is 2.85 bits per heavy atom. The number of rotatable bonds is 2. The van der Waals surface area contributed by atoms with Gasteiger partial charge < -0.3 is 10.2 Å². The summed E-state index contributed by atoms with van der Waals surface area (Å²) >= 11 is 0. The molecule has 7 nitrogen and oxygen atoms in total. The third-order valence-corrected chi connectivity index (χ3v) is 3.84. The molecular weight excluding hydrogens is 260 g/mol. The molecule has 2 aliphatic heterocycles. The average molecular weight is 276 g/mol. The van der Waals surface area contributed by atoms with Crippen molar-refractivity contribution in [3.8, 4) is 0 Å². The second-order valence-electron chi connectivity index (χ2n) is 5.32. The highest BCUT2D eigenvalue weighted by molar-refractivity contribution is 6.03. The Labute approximate surface area is 116 Å². The molecule has 0 radical (unpaired) electrons. The molecule has 20 heavy (non-hydrogen) atoms. The van der Waals surface area contributed by atoms with Crippen molar-refractivity contribution in [3.63, 3.8) is 0 Å². The number of piperidine rings is 1. The van der Waals surface area contributed by atoms with E-state index < -0.39 is 4.92 Å². The second kappa shape index (κ2) is 4.82. The number of nitrogens with one attached hydrogen (secondary N) is 1. The molecule has 0 aromatic carbocycles. The highest BCUT2D eigenvalue weighted by Gasteiger charge is 2.42. The number of nitro groups is 1. The van der Waals surface area contributed by atoms with Crippen LogP contribution in [0.4, 0.5) is 5.69 Å². The van der Waals surface area contributed by atoms with Crippen molar-refractivity contribution in [3.05, 3.63) is 33.6 Å². The zero-order valence-electron chi connectivity index (χ0n) is 11.3. The Morgan fingerprint density at radius 2 is 2.15 bits per heavy atom. The van der Waals surface area contributed by atoms with Crippen molar-refractivity contribution in [2.45, 2.75) is 31.8 Å². The van der Waals surface area contributed by atoms with Crippen molar-refractivity contribution in [1.29, 1.82) is 0 Å². The predicted octanol–water partition coefficient (Wildman–Crippen LogP) is 1.54. The minimum absolute atomic E-state index is 0.0102. The highest BCUT2D eigenvalue weighted by Crippen LogP contribution is 2.35. The van der Waals surface area contributed by atoms with Crippen LogP contribution >= 0.6 is 0 Å². The molecule has 3 rings (SSSR count). The third-order valence-electron chi connectivity index (χ3n) is 3.84. The lowest BCUT2D eigenvalue weighted by Crippen LogP contribution is -2.42. The Morgan fingerprint density at radius 1 is 1.40 bits per heavy atom. The molecule has 0 aliphatic carbocycles. The van der Waals surface area contributed by atoms with Crippen LogP contribution in [0, 0.1) is 17.0 Å². The first kappa shape index (κ1) is 13.0. The molecule has 1 fully saturated rings. The largest absolute Gasteiger partial charge is 0.388 e.